The summed E-state index contributed by atoms with van der Waals surface area (Å²) in [5.41, 5.74) is 2.71. The molecule has 0 amide bonds. The summed E-state index contributed by atoms with van der Waals surface area (Å²) in [7, 11) is 7.29. The summed E-state index contributed by atoms with van der Waals surface area (Å²) in [6.07, 6.45) is 3.44. The summed E-state index contributed by atoms with van der Waals surface area (Å²) < 4.78 is 40.2. The van der Waals surface area contributed by atoms with Gasteiger partial charge in [0.25, 0.3) is 0 Å². The molecule has 150 valence electrons. The smallest absolute Gasteiger partial charge is 0.772 e. The van der Waals surface area contributed by atoms with Crippen molar-refractivity contribution in [2.24, 2.45) is 0 Å². The fourth-order valence-electron chi connectivity index (χ4n) is 1.93. The molecular weight excluding hydrogens is 472 g/mol. The number of unbranched alkanes of at least 4 members (excludes halogenated alkanes) is 2. The van der Waals surface area contributed by atoms with E-state index in [0.29, 0.717) is 5.75 Å². The molecule has 1 aromatic carbocycles. The molecule has 1 rings (SSSR count). The van der Waals surface area contributed by atoms with E-state index < -0.39 is 22.2 Å². The van der Waals surface area contributed by atoms with Crippen LogP contribution in [0.25, 0.3) is 0 Å². The molecule has 0 aliphatic rings. The van der Waals surface area contributed by atoms with Gasteiger partial charge in [-0.05, 0) is 36.8 Å². The van der Waals surface area contributed by atoms with E-state index in [1.807, 2.05) is 32.4 Å². The first kappa shape index (κ1) is 28.8. The first-order valence-corrected chi connectivity index (χ1v) is 15.8. The van der Waals surface area contributed by atoms with E-state index in [0.717, 1.165) is 48.7 Å². The van der Waals surface area contributed by atoms with Crippen molar-refractivity contribution in [3.63, 3.8) is 0 Å². The molecule has 2 atom stereocenters. The SMILES string of the molecule is O=S([O-])CCCCSSCc1ccccc1CSSCCCCS(=O)O.[Na+]. The van der Waals surface area contributed by atoms with Gasteiger partial charge in [0, 0.05) is 34.5 Å². The standard InChI is InChI=1S/C16H26O4S6.Na/c17-25(18)11-5-3-9-21-23-13-15-7-1-2-8-16(15)14-24-22-10-4-6-12-26(19)20;/h1-2,7-8H,3-6,9-14H2,(H,17,18)(H,19,20);/q;+1/p-1. The molecule has 0 saturated heterocycles. The van der Waals surface area contributed by atoms with Gasteiger partial charge >= 0.3 is 29.6 Å². The van der Waals surface area contributed by atoms with Gasteiger partial charge in [-0.25, -0.2) is 4.21 Å². The van der Waals surface area contributed by atoms with Crippen LogP contribution >= 0.6 is 43.2 Å². The van der Waals surface area contributed by atoms with E-state index in [1.165, 1.54) is 11.1 Å². The fourth-order valence-corrected chi connectivity index (χ4v) is 7.37. The number of benzene rings is 1. The number of hydrogen-bond acceptors (Lipinski definition) is 7. The Morgan fingerprint density at radius 3 is 1.74 bits per heavy atom. The predicted octanol–water partition coefficient (Wildman–Crippen LogP) is 2.11. The van der Waals surface area contributed by atoms with Gasteiger partial charge in [0.05, 0.1) is 0 Å². The van der Waals surface area contributed by atoms with E-state index in [1.54, 1.807) is 10.8 Å². The Balaban J connectivity index is 0.00000676. The van der Waals surface area contributed by atoms with Gasteiger partial charge in [0.15, 0.2) is 11.1 Å². The Kier molecular flexibility index (Phi) is 21.1. The molecule has 27 heavy (non-hydrogen) atoms. The molecular formula is C16H25NaO4S6. The topological polar surface area (TPSA) is 77.4 Å². The second-order valence-corrected chi connectivity index (χ2v) is 12.6. The maximum absolute atomic E-state index is 10.6. The summed E-state index contributed by atoms with van der Waals surface area (Å²) in [5.74, 6) is 4.55. The molecule has 11 heteroatoms. The first-order valence-electron chi connectivity index (χ1n) is 8.28. The molecule has 0 bridgehead atoms. The van der Waals surface area contributed by atoms with Crippen LogP contribution in [-0.4, -0.2) is 40.5 Å². The van der Waals surface area contributed by atoms with Gasteiger partial charge in [0.2, 0.25) is 0 Å². The van der Waals surface area contributed by atoms with Gasteiger partial charge in [0.1, 0.15) is 0 Å². The Hall–Kier alpha value is 1.84. The Labute approximate surface area is 206 Å². The largest absolute Gasteiger partial charge is 1.00 e. The van der Waals surface area contributed by atoms with Crippen molar-refractivity contribution in [1.82, 2.24) is 0 Å². The van der Waals surface area contributed by atoms with Crippen LogP contribution in [0.4, 0.5) is 0 Å². The zero-order valence-electron chi connectivity index (χ0n) is 15.5. The third kappa shape index (κ3) is 17.2. The van der Waals surface area contributed by atoms with E-state index in [2.05, 4.69) is 24.3 Å². The van der Waals surface area contributed by atoms with Crippen LogP contribution in [0.5, 0.6) is 0 Å². The third-order valence-corrected chi connectivity index (χ3v) is 9.37. The quantitative estimate of drug-likeness (QED) is 0.161. The van der Waals surface area contributed by atoms with E-state index in [-0.39, 0.29) is 35.3 Å². The number of rotatable bonds is 16. The molecule has 0 aliphatic heterocycles. The minimum Gasteiger partial charge on any atom is -0.772 e. The summed E-state index contributed by atoms with van der Waals surface area (Å²) in [4.78, 5) is 0. The van der Waals surface area contributed by atoms with Crippen LogP contribution in [0.2, 0.25) is 0 Å². The van der Waals surface area contributed by atoms with Crippen molar-refractivity contribution >= 4 is 65.3 Å². The van der Waals surface area contributed by atoms with Crippen molar-refractivity contribution in [2.75, 3.05) is 23.0 Å². The van der Waals surface area contributed by atoms with Crippen molar-refractivity contribution in [3.05, 3.63) is 35.4 Å². The van der Waals surface area contributed by atoms with Crippen molar-refractivity contribution < 1.29 is 47.1 Å². The zero-order valence-corrected chi connectivity index (χ0v) is 22.4. The van der Waals surface area contributed by atoms with Crippen LogP contribution in [-0.2, 0) is 33.7 Å². The molecule has 0 radical (unpaired) electrons. The normalized spacial score (nSPS) is 13.1. The Morgan fingerprint density at radius 1 is 0.815 bits per heavy atom. The minimum absolute atomic E-state index is 0. The van der Waals surface area contributed by atoms with Gasteiger partial charge in [-0.2, -0.15) is 0 Å². The van der Waals surface area contributed by atoms with Gasteiger partial charge in [-0.1, -0.05) is 78.5 Å². The zero-order chi connectivity index (χ0) is 19.0. The van der Waals surface area contributed by atoms with E-state index >= 15 is 0 Å². The van der Waals surface area contributed by atoms with Gasteiger partial charge in [-0.3, -0.25) is 4.21 Å². The van der Waals surface area contributed by atoms with E-state index in [4.69, 9.17) is 4.55 Å². The van der Waals surface area contributed by atoms with Gasteiger partial charge in [-0.15, -0.1) is 0 Å². The van der Waals surface area contributed by atoms with Crippen LogP contribution in [0.1, 0.15) is 36.8 Å². The van der Waals surface area contributed by atoms with Crippen molar-refractivity contribution in [3.8, 4) is 0 Å². The first-order chi connectivity index (χ1) is 12.6. The summed E-state index contributed by atoms with van der Waals surface area (Å²) in [6, 6.07) is 8.49. The Bertz CT molecular complexity index is 502. The molecule has 0 heterocycles. The summed E-state index contributed by atoms with van der Waals surface area (Å²) in [6.45, 7) is 0. The predicted molar refractivity (Wildman–Crippen MR) is 122 cm³/mol. The monoisotopic (exact) mass is 496 g/mol. The molecule has 1 aromatic rings. The van der Waals surface area contributed by atoms with Crippen LogP contribution < -0.4 is 29.6 Å². The second-order valence-electron chi connectivity index (χ2n) is 5.38. The summed E-state index contributed by atoms with van der Waals surface area (Å²) in [5, 5.41) is 0. The average Bonchev–Trinajstić information content (AvgIpc) is 2.60. The molecule has 4 nitrogen and oxygen atoms in total. The third-order valence-electron chi connectivity index (χ3n) is 3.30. The molecule has 0 fully saturated rings. The van der Waals surface area contributed by atoms with Gasteiger partial charge < -0.3 is 9.11 Å². The molecule has 1 N–H and O–H groups in total. The van der Waals surface area contributed by atoms with E-state index in [9.17, 15) is 13.0 Å². The molecule has 0 saturated carbocycles. The fraction of sp³-hybridized carbons (Fsp3) is 0.625. The van der Waals surface area contributed by atoms with Crippen LogP contribution in [0.15, 0.2) is 24.3 Å². The van der Waals surface area contributed by atoms with Crippen LogP contribution in [0.3, 0.4) is 0 Å². The minimum atomic E-state index is -1.91. The number of hydrogen-bond donors (Lipinski definition) is 1. The summed E-state index contributed by atoms with van der Waals surface area (Å²) >= 11 is -3.57. The Morgan fingerprint density at radius 2 is 1.30 bits per heavy atom. The average molecular weight is 497 g/mol. The maximum atomic E-state index is 10.6. The molecule has 0 spiro atoms. The van der Waals surface area contributed by atoms with Crippen LogP contribution in [0, 0.1) is 0 Å². The van der Waals surface area contributed by atoms with Crippen molar-refractivity contribution in [2.45, 2.75) is 37.2 Å². The molecule has 0 aliphatic carbocycles. The second kappa shape index (κ2) is 19.8. The maximum Gasteiger partial charge on any atom is 1.00 e. The van der Waals surface area contributed by atoms with Crippen molar-refractivity contribution in [1.29, 1.82) is 0 Å². The molecule has 2 unspecified atom stereocenters. The molecule has 0 aromatic heterocycles.